The Balaban J connectivity index is 2.67. The Hall–Kier alpha value is -0.520. The van der Waals surface area contributed by atoms with Gasteiger partial charge >= 0.3 is 5.97 Å². The summed E-state index contributed by atoms with van der Waals surface area (Å²) >= 11 is 4.57. The summed E-state index contributed by atoms with van der Waals surface area (Å²) in [5.41, 5.74) is 5.34. The van der Waals surface area contributed by atoms with Crippen molar-refractivity contribution in [2.45, 2.75) is 10.1 Å². The van der Waals surface area contributed by atoms with Crippen LogP contribution in [0.1, 0.15) is 0 Å². The number of carboxylic acid groups (broad SMARTS) is 1. The Labute approximate surface area is 94.8 Å². The van der Waals surface area contributed by atoms with Crippen LogP contribution in [0.3, 0.4) is 0 Å². The lowest BCUT2D eigenvalue weighted by molar-refractivity contribution is -0.136. The standard InChI is InChI=1S/C9H10BrNO2S/c10-6-1-3-7(4-2-6)14-8(5-11)9(12)13/h1-4,8H,5,11H2,(H,12,13). The largest absolute Gasteiger partial charge is 0.480 e. The van der Waals surface area contributed by atoms with Gasteiger partial charge in [-0.1, -0.05) is 15.9 Å². The predicted molar refractivity (Wildman–Crippen MR) is 60.5 cm³/mol. The van der Waals surface area contributed by atoms with E-state index < -0.39 is 11.2 Å². The lowest BCUT2D eigenvalue weighted by atomic mass is 10.4. The summed E-state index contributed by atoms with van der Waals surface area (Å²) in [5, 5.41) is 8.21. The van der Waals surface area contributed by atoms with Crippen molar-refractivity contribution >= 4 is 33.7 Å². The van der Waals surface area contributed by atoms with Crippen molar-refractivity contribution in [1.29, 1.82) is 0 Å². The minimum atomic E-state index is -0.875. The minimum absolute atomic E-state index is 0.135. The highest BCUT2D eigenvalue weighted by Gasteiger charge is 2.16. The number of carbonyl (C=O) groups is 1. The molecule has 0 saturated heterocycles. The molecule has 0 radical (unpaired) electrons. The van der Waals surface area contributed by atoms with Gasteiger partial charge in [0.15, 0.2) is 0 Å². The Morgan fingerprint density at radius 2 is 2.07 bits per heavy atom. The Morgan fingerprint density at radius 3 is 2.50 bits per heavy atom. The first-order chi connectivity index (χ1) is 6.63. The highest BCUT2D eigenvalue weighted by atomic mass is 79.9. The van der Waals surface area contributed by atoms with Crippen molar-refractivity contribution in [2.24, 2.45) is 5.73 Å². The fraction of sp³-hybridized carbons (Fsp3) is 0.222. The van der Waals surface area contributed by atoms with E-state index in [0.29, 0.717) is 0 Å². The first-order valence-corrected chi connectivity index (χ1v) is 5.66. The van der Waals surface area contributed by atoms with Crippen LogP contribution in [0.5, 0.6) is 0 Å². The van der Waals surface area contributed by atoms with Crippen LogP contribution in [0.4, 0.5) is 0 Å². The van der Waals surface area contributed by atoms with Crippen LogP contribution < -0.4 is 5.73 Å². The second kappa shape index (κ2) is 5.38. The second-order valence-corrected chi connectivity index (χ2v) is 4.83. The molecular formula is C9H10BrNO2S. The first kappa shape index (κ1) is 11.6. The molecule has 0 fully saturated rings. The Bertz CT molecular complexity index is 315. The highest BCUT2D eigenvalue weighted by Crippen LogP contribution is 2.24. The molecule has 3 N–H and O–H groups in total. The Morgan fingerprint density at radius 1 is 1.50 bits per heavy atom. The van der Waals surface area contributed by atoms with Crippen LogP contribution in [0.15, 0.2) is 33.6 Å². The van der Waals surface area contributed by atoms with Crippen LogP contribution in [0.25, 0.3) is 0 Å². The smallest absolute Gasteiger partial charge is 0.318 e. The Kier molecular flexibility index (Phi) is 4.44. The van der Waals surface area contributed by atoms with E-state index in [4.69, 9.17) is 10.8 Å². The summed E-state index contributed by atoms with van der Waals surface area (Å²) in [6.07, 6.45) is 0. The number of carboxylic acids is 1. The third-order valence-corrected chi connectivity index (χ3v) is 3.33. The van der Waals surface area contributed by atoms with Gasteiger partial charge in [-0.25, -0.2) is 0 Å². The molecule has 0 spiro atoms. The summed E-state index contributed by atoms with van der Waals surface area (Å²) in [4.78, 5) is 11.6. The van der Waals surface area contributed by atoms with Gasteiger partial charge < -0.3 is 10.8 Å². The number of halogens is 1. The van der Waals surface area contributed by atoms with E-state index >= 15 is 0 Å². The number of benzene rings is 1. The molecule has 76 valence electrons. The summed E-state index contributed by atoms with van der Waals surface area (Å²) in [6.45, 7) is 0.135. The van der Waals surface area contributed by atoms with Gasteiger partial charge in [0.1, 0.15) is 5.25 Å². The van der Waals surface area contributed by atoms with Crippen molar-refractivity contribution in [3.05, 3.63) is 28.7 Å². The lowest BCUT2D eigenvalue weighted by Gasteiger charge is -2.08. The van der Waals surface area contributed by atoms with Crippen molar-refractivity contribution in [3.63, 3.8) is 0 Å². The van der Waals surface area contributed by atoms with Gasteiger partial charge in [-0.05, 0) is 24.3 Å². The maximum absolute atomic E-state index is 10.7. The van der Waals surface area contributed by atoms with Crippen molar-refractivity contribution in [2.75, 3.05) is 6.54 Å². The number of nitrogens with two attached hydrogens (primary N) is 1. The van der Waals surface area contributed by atoms with E-state index in [0.717, 1.165) is 9.37 Å². The molecule has 0 aliphatic heterocycles. The van der Waals surface area contributed by atoms with Crippen molar-refractivity contribution in [3.8, 4) is 0 Å². The monoisotopic (exact) mass is 275 g/mol. The zero-order valence-corrected chi connectivity index (χ0v) is 9.72. The molecule has 3 nitrogen and oxygen atoms in total. The number of thioether (sulfide) groups is 1. The van der Waals surface area contributed by atoms with Gasteiger partial charge in [-0.3, -0.25) is 4.79 Å². The van der Waals surface area contributed by atoms with Crippen LogP contribution in [-0.2, 0) is 4.79 Å². The topological polar surface area (TPSA) is 63.3 Å². The third-order valence-electron chi connectivity index (χ3n) is 1.58. The minimum Gasteiger partial charge on any atom is -0.480 e. The summed E-state index contributed by atoms with van der Waals surface area (Å²) in [5.74, 6) is -0.875. The molecule has 1 unspecified atom stereocenters. The average Bonchev–Trinajstić information content (AvgIpc) is 2.16. The fourth-order valence-electron chi connectivity index (χ4n) is 0.877. The van der Waals surface area contributed by atoms with Crippen LogP contribution in [0.2, 0.25) is 0 Å². The molecule has 0 aromatic heterocycles. The molecule has 0 heterocycles. The molecular weight excluding hydrogens is 266 g/mol. The van der Waals surface area contributed by atoms with Crippen LogP contribution in [0, 0.1) is 0 Å². The molecule has 0 amide bonds. The van der Waals surface area contributed by atoms with E-state index in [9.17, 15) is 4.79 Å². The van der Waals surface area contributed by atoms with Gasteiger partial charge in [0.25, 0.3) is 0 Å². The molecule has 5 heteroatoms. The first-order valence-electron chi connectivity index (χ1n) is 3.98. The predicted octanol–water partition coefficient (Wildman–Crippen LogP) is 1.95. The maximum atomic E-state index is 10.7. The number of hydrogen-bond acceptors (Lipinski definition) is 3. The van der Waals surface area contributed by atoms with E-state index in [1.165, 1.54) is 11.8 Å². The normalized spacial score (nSPS) is 12.4. The quantitative estimate of drug-likeness (QED) is 0.825. The average molecular weight is 276 g/mol. The maximum Gasteiger partial charge on any atom is 0.318 e. The van der Waals surface area contributed by atoms with Gasteiger partial charge in [0, 0.05) is 15.9 Å². The third kappa shape index (κ3) is 3.32. The fourth-order valence-corrected chi connectivity index (χ4v) is 1.96. The summed E-state index contributed by atoms with van der Waals surface area (Å²) < 4.78 is 0.974. The van der Waals surface area contributed by atoms with E-state index in [-0.39, 0.29) is 6.54 Å². The molecule has 0 saturated carbocycles. The number of hydrogen-bond donors (Lipinski definition) is 2. The summed E-state index contributed by atoms with van der Waals surface area (Å²) in [6, 6.07) is 7.47. The molecule has 1 rings (SSSR count). The van der Waals surface area contributed by atoms with Gasteiger partial charge in [0.2, 0.25) is 0 Å². The second-order valence-electron chi connectivity index (χ2n) is 2.63. The van der Waals surface area contributed by atoms with E-state index in [1.807, 2.05) is 24.3 Å². The van der Waals surface area contributed by atoms with E-state index in [1.54, 1.807) is 0 Å². The number of aliphatic carboxylic acids is 1. The molecule has 1 atom stereocenters. The highest BCUT2D eigenvalue weighted by molar-refractivity contribution is 9.10. The lowest BCUT2D eigenvalue weighted by Crippen LogP contribution is -2.25. The molecule has 0 bridgehead atoms. The molecule has 0 aliphatic carbocycles. The van der Waals surface area contributed by atoms with Gasteiger partial charge in [-0.2, -0.15) is 0 Å². The van der Waals surface area contributed by atoms with E-state index in [2.05, 4.69) is 15.9 Å². The zero-order valence-electron chi connectivity index (χ0n) is 7.31. The SMILES string of the molecule is NCC(Sc1ccc(Br)cc1)C(=O)O. The van der Waals surface area contributed by atoms with Crippen LogP contribution in [-0.4, -0.2) is 22.9 Å². The van der Waals surface area contributed by atoms with Gasteiger partial charge in [0.05, 0.1) is 0 Å². The van der Waals surface area contributed by atoms with Crippen LogP contribution >= 0.6 is 27.7 Å². The molecule has 1 aromatic rings. The van der Waals surface area contributed by atoms with Crippen molar-refractivity contribution < 1.29 is 9.90 Å². The summed E-state index contributed by atoms with van der Waals surface area (Å²) in [7, 11) is 0. The number of rotatable bonds is 4. The van der Waals surface area contributed by atoms with Crippen molar-refractivity contribution in [1.82, 2.24) is 0 Å². The van der Waals surface area contributed by atoms with Gasteiger partial charge in [-0.15, -0.1) is 11.8 Å². The molecule has 1 aromatic carbocycles. The zero-order chi connectivity index (χ0) is 10.6. The molecule has 0 aliphatic rings. The molecule has 14 heavy (non-hydrogen) atoms.